The molecule has 4 nitrogen and oxygen atoms in total. The molecule has 2 aromatic rings. The highest BCUT2D eigenvalue weighted by Gasteiger charge is 2.18. The fourth-order valence-corrected chi connectivity index (χ4v) is 2.70. The summed E-state index contributed by atoms with van der Waals surface area (Å²) in [5.41, 5.74) is 13.5. The molecule has 0 atom stereocenters. The molecule has 1 aromatic heterocycles. The maximum absolute atomic E-state index is 6.13. The van der Waals surface area contributed by atoms with E-state index in [1.54, 1.807) is 6.07 Å². The fourth-order valence-electron chi connectivity index (χ4n) is 2.70. The molecular weight excluding hydrogens is 250 g/mol. The number of rotatable bonds is 3. The minimum Gasteiger partial charge on any atom is -0.490 e. The van der Waals surface area contributed by atoms with Gasteiger partial charge in [0, 0.05) is 11.1 Å². The molecule has 0 aliphatic heterocycles. The molecule has 0 radical (unpaired) electrons. The predicted molar refractivity (Wildman–Crippen MR) is 81.4 cm³/mol. The molecule has 1 heterocycles. The zero-order valence-corrected chi connectivity index (χ0v) is 11.4. The van der Waals surface area contributed by atoms with Gasteiger partial charge in [0.2, 0.25) is 0 Å². The second-order valence-corrected chi connectivity index (χ2v) is 5.19. The lowest BCUT2D eigenvalue weighted by Gasteiger charge is -2.17. The molecule has 4 N–H and O–H groups in total. The number of nitrogens with two attached hydrogens (primary N) is 2. The first-order chi connectivity index (χ1) is 9.74. The van der Waals surface area contributed by atoms with Crippen LogP contribution in [-0.2, 0) is 0 Å². The van der Waals surface area contributed by atoms with Gasteiger partial charge in [-0.1, -0.05) is 18.2 Å². The van der Waals surface area contributed by atoms with Gasteiger partial charge in [-0.15, -0.1) is 0 Å². The van der Waals surface area contributed by atoms with Gasteiger partial charge in [-0.05, 0) is 43.9 Å². The first-order valence-corrected chi connectivity index (χ1v) is 7.02. The molecule has 0 amide bonds. The Hall–Kier alpha value is -2.23. The van der Waals surface area contributed by atoms with Crippen LogP contribution < -0.4 is 16.2 Å². The number of nitrogen functional groups attached to an aromatic ring is 2. The minimum atomic E-state index is 0.319. The van der Waals surface area contributed by atoms with Gasteiger partial charge in [0.15, 0.2) is 0 Å². The molecule has 1 aliphatic carbocycles. The number of benzene rings is 1. The summed E-state index contributed by atoms with van der Waals surface area (Å²) in [5.74, 6) is 1.74. The van der Waals surface area contributed by atoms with E-state index in [0.29, 0.717) is 17.7 Å². The minimum absolute atomic E-state index is 0.319. The number of nitrogens with zero attached hydrogens (tertiary/aromatic N) is 1. The smallest absolute Gasteiger partial charge is 0.133 e. The van der Waals surface area contributed by atoms with Crippen LogP contribution in [0.5, 0.6) is 5.75 Å². The normalized spacial score (nSPS) is 15.4. The number of anilines is 2. The lowest BCUT2D eigenvalue weighted by molar-refractivity contribution is 0.211. The van der Waals surface area contributed by atoms with Crippen molar-refractivity contribution in [3.05, 3.63) is 36.4 Å². The van der Waals surface area contributed by atoms with Crippen molar-refractivity contribution in [2.45, 2.75) is 31.8 Å². The topological polar surface area (TPSA) is 74.2 Å². The van der Waals surface area contributed by atoms with Crippen LogP contribution in [0.2, 0.25) is 0 Å². The number of pyridine rings is 1. The van der Waals surface area contributed by atoms with Crippen molar-refractivity contribution in [1.82, 2.24) is 4.98 Å². The van der Waals surface area contributed by atoms with E-state index in [2.05, 4.69) is 4.98 Å². The summed E-state index contributed by atoms with van der Waals surface area (Å²) < 4.78 is 6.13. The van der Waals surface area contributed by atoms with Crippen molar-refractivity contribution in [3.63, 3.8) is 0 Å². The zero-order valence-electron chi connectivity index (χ0n) is 11.4. The summed E-state index contributed by atoms with van der Waals surface area (Å²) in [5, 5.41) is 0. The Kier molecular flexibility index (Phi) is 3.46. The van der Waals surface area contributed by atoms with Crippen LogP contribution in [0.15, 0.2) is 36.4 Å². The number of para-hydroxylation sites is 1. The van der Waals surface area contributed by atoms with E-state index in [1.165, 1.54) is 12.8 Å². The second-order valence-electron chi connectivity index (χ2n) is 5.19. The fraction of sp³-hybridized carbons (Fsp3) is 0.312. The highest BCUT2D eigenvalue weighted by atomic mass is 16.5. The van der Waals surface area contributed by atoms with Gasteiger partial charge in [0.25, 0.3) is 0 Å². The van der Waals surface area contributed by atoms with Gasteiger partial charge in [0.05, 0.1) is 6.10 Å². The quantitative estimate of drug-likeness (QED) is 0.897. The van der Waals surface area contributed by atoms with Crippen LogP contribution in [0.4, 0.5) is 11.6 Å². The second kappa shape index (κ2) is 5.41. The summed E-state index contributed by atoms with van der Waals surface area (Å²) in [4.78, 5) is 4.12. The van der Waals surface area contributed by atoms with Gasteiger partial charge >= 0.3 is 0 Å². The molecule has 4 heteroatoms. The maximum Gasteiger partial charge on any atom is 0.133 e. The number of hydrogen-bond acceptors (Lipinski definition) is 4. The molecule has 0 spiro atoms. The molecule has 3 rings (SSSR count). The van der Waals surface area contributed by atoms with Crippen molar-refractivity contribution >= 4 is 11.6 Å². The summed E-state index contributed by atoms with van der Waals surface area (Å²) >= 11 is 0. The first kappa shape index (κ1) is 12.8. The van der Waals surface area contributed by atoms with E-state index >= 15 is 0 Å². The largest absolute Gasteiger partial charge is 0.490 e. The third kappa shape index (κ3) is 2.54. The summed E-state index contributed by atoms with van der Waals surface area (Å²) in [6.45, 7) is 0. The molecule has 1 aliphatic rings. The Balaban J connectivity index is 1.96. The zero-order chi connectivity index (χ0) is 13.9. The SMILES string of the molecule is Nc1ccc(-c2ccccc2OC2CCCC2)c(N)n1. The van der Waals surface area contributed by atoms with E-state index in [9.17, 15) is 0 Å². The average Bonchev–Trinajstić information content (AvgIpc) is 2.93. The van der Waals surface area contributed by atoms with Crippen molar-refractivity contribution in [1.29, 1.82) is 0 Å². The Bertz CT molecular complexity index is 606. The van der Waals surface area contributed by atoms with Gasteiger partial charge in [-0.25, -0.2) is 4.98 Å². The summed E-state index contributed by atoms with van der Waals surface area (Å²) in [6, 6.07) is 11.6. The monoisotopic (exact) mass is 269 g/mol. The van der Waals surface area contributed by atoms with Gasteiger partial charge in [-0.3, -0.25) is 0 Å². The Morgan fingerprint density at radius 3 is 2.45 bits per heavy atom. The van der Waals surface area contributed by atoms with Crippen LogP contribution in [0.3, 0.4) is 0 Å². The molecule has 0 saturated heterocycles. The van der Waals surface area contributed by atoms with E-state index in [1.807, 2.05) is 30.3 Å². The first-order valence-electron chi connectivity index (χ1n) is 7.02. The third-order valence-electron chi connectivity index (χ3n) is 3.72. The Morgan fingerprint density at radius 1 is 0.950 bits per heavy atom. The molecule has 0 unspecified atom stereocenters. The van der Waals surface area contributed by atoms with Crippen LogP contribution >= 0.6 is 0 Å². The van der Waals surface area contributed by atoms with Crippen LogP contribution in [0, 0.1) is 0 Å². The van der Waals surface area contributed by atoms with Crippen LogP contribution in [0.1, 0.15) is 25.7 Å². The number of ether oxygens (including phenoxy) is 1. The van der Waals surface area contributed by atoms with E-state index in [4.69, 9.17) is 16.2 Å². The predicted octanol–water partition coefficient (Wildman–Crippen LogP) is 3.23. The van der Waals surface area contributed by atoms with Crippen molar-refractivity contribution in [2.24, 2.45) is 0 Å². The lowest BCUT2D eigenvalue weighted by atomic mass is 10.1. The van der Waals surface area contributed by atoms with Gasteiger partial charge < -0.3 is 16.2 Å². The van der Waals surface area contributed by atoms with E-state index in [0.717, 1.165) is 29.7 Å². The highest BCUT2D eigenvalue weighted by Crippen LogP contribution is 2.35. The van der Waals surface area contributed by atoms with Crippen molar-refractivity contribution in [3.8, 4) is 16.9 Å². The Labute approximate surface area is 118 Å². The van der Waals surface area contributed by atoms with Gasteiger partial charge in [-0.2, -0.15) is 0 Å². The lowest BCUT2D eigenvalue weighted by Crippen LogP contribution is -2.11. The maximum atomic E-state index is 6.13. The summed E-state index contributed by atoms with van der Waals surface area (Å²) in [7, 11) is 0. The number of hydrogen-bond donors (Lipinski definition) is 2. The Morgan fingerprint density at radius 2 is 1.70 bits per heavy atom. The van der Waals surface area contributed by atoms with Crippen molar-refractivity contribution in [2.75, 3.05) is 11.5 Å². The van der Waals surface area contributed by atoms with E-state index < -0.39 is 0 Å². The van der Waals surface area contributed by atoms with E-state index in [-0.39, 0.29) is 0 Å². The van der Waals surface area contributed by atoms with Gasteiger partial charge in [0.1, 0.15) is 17.4 Å². The highest BCUT2D eigenvalue weighted by molar-refractivity contribution is 5.79. The van der Waals surface area contributed by atoms with Crippen LogP contribution in [0.25, 0.3) is 11.1 Å². The molecular formula is C16H19N3O. The van der Waals surface area contributed by atoms with Crippen molar-refractivity contribution < 1.29 is 4.74 Å². The molecule has 1 saturated carbocycles. The standard InChI is InChI=1S/C16H19N3O/c17-15-10-9-13(16(18)19-15)12-7-3-4-8-14(12)20-11-5-1-2-6-11/h3-4,7-11H,1-2,5-6H2,(H4,17,18,19). The average molecular weight is 269 g/mol. The van der Waals surface area contributed by atoms with Crippen LogP contribution in [-0.4, -0.2) is 11.1 Å². The molecule has 1 aromatic carbocycles. The summed E-state index contributed by atoms with van der Waals surface area (Å²) in [6.07, 6.45) is 5.07. The number of aromatic nitrogens is 1. The third-order valence-corrected chi connectivity index (χ3v) is 3.72. The molecule has 104 valence electrons. The molecule has 20 heavy (non-hydrogen) atoms. The molecule has 1 fully saturated rings. The molecule has 0 bridgehead atoms.